The zero-order chi connectivity index (χ0) is 34.7. The monoisotopic (exact) mass is 685 g/mol. The molecule has 0 rings (SSSR count). The molecule has 1 atom stereocenters. The van der Waals surface area contributed by atoms with E-state index in [0.29, 0.717) is 151 Å². The van der Waals surface area contributed by atoms with Crippen LogP contribution in [0.2, 0.25) is 0 Å². The fourth-order valence-electron chi connectivity index (χ4n) is 3.23. The minimum atomic E-state index is -0.509. The molecule has 0 heterocycles. The summed E-state index contributed by atoms with van der Waals surface area (Å²) in [7, 11) is 1.68. The van der Waals surface area contributed by atoms with E-state index in [-0.39, 0.29) is 6.09 Å². The van der Waals surface area contributed by atoms with Crippen LogP contribution < -0.4 is 0 Å². The van der Waals surface area contributed by atoms with Gasteiger partial charge in [-0.3, -0.25) is 0 Å². The first-order chi connectivity index (χ1) is 22.8. The third kappa shape index (κ3) is 37.5. The fraction of sp³-hybridized carbons (Fsp3) is 0.970. The molecule has 14 heteroatoms. The Hall–Kier alpha value is -1.17. The second kappa shape index (κ2) is 34.7. The van der Waals surface area contributed by atoms with Crippen molar-refractivity contribution >= 4 is 6.09 Å². The predicted molar refractivity (Wildman–Crippen MR) is 177 cm³/mol. The average molecular weight is 686 g/mol. The molecule has 14 nitrogen and oxygen atoms in total. The van der Waals surface area contributed by atoms with Crippen molar-refractivity contribution in [3.05, 3.63) is 0 Å². The molecule has 0 fully saturated rings. The van der Waals surface area contributed by atoms with Gasteiger partial charge in [-0.15, -0.1) is 0 Å². The van der Waals surface area contributed by atoms with Crippen LogP contribution in [0.5, 0.6) is 0 Å². The van der Waals surface area contributed by atoms with Gasteiger partial charge in [0.15, 0.2) is 0 Å². The summed E-state index contributed by atoms with van der Waals surface area (Å²) in [4.78, 5) is 13.3. The number of carbonyl (C=O) groups is 1. The largest absolute Gasteiger partial charge is 0.444 e. The van der Waals surface area contributed by atoms with E-state index < -0.39 is 5.60 Å². The van der Waals surface area contributed by atoms with Gasteiger partial charge in [0.2, 0.25) is 0 Å². The Morgan fingerprint density at radius 3 is 1.00 bits per heavy atom. The standard InChI is InChI=1S/C33H67NO13/c1-7-31(2)30-46-29-28-45-27-26-44-25-24-43-23-22-42-21-20-41-19-18-40-17-16-39-15-14-38-13-12-37-11-10-36-9-8-34(6)32(35)47-33(3,4)5/h31H,7-30H2,1-6H3. The topological polar surface area (TPSA) is 131 Å². The van der Waals surface area contributed by atoms with Crippen LogP contribution in [0.25, 0.3) is 0 Å². The zero-order valence-electron chi connectivity index (χ0n) is 30.3. The van der Waals surface area contributed by atoms with Crippen molar-refractivity contribution in [2.24, 2.45) is 5.92 Å². The number of hydrogen-bond acceptors (Lipinski definition) is 13. The number of likely N-dealkylation sites (N-methyl/N-ethyl adjacent to an activating group) is 1. The molecule has 0 aromatic carbocycles. The van der Waals surface area contributed by atoms with E-state index in [4.69, 9.17) is 56.8 Å². The Kier molecular flexibility index (Phi) is 33.8. The van der Waals surface area contributed by atoms with Crippen molar-refractivity contribution in [2.45, 2.75) is 46.6 Å². The summed E-state index contributed by atoms with van der Waals surface area (Å²) < 4.78 is 65.6. The van der Waals surface area contributed by atoms with Crippen molar-refractivity contribution in [1.82, 2.24) is 4.90 Å². The third-order valence-electron chi connectivity index (χ3n) is 6.10. The van der Waals surface area contributed by atoms with Gasteiger partial charge < -0.3 is 61.7 Å². The Morgan fingerprint density at radius 2 is 0.745 bits per heavy atom. The van der Waals surface area contributed by atoms with Gasteiger partial charge in [0.25, 0.3) is 0 Å². The van der Waals surface area contributed by atoms with Crippen molar-refractivity contribution in [3.8, 4) is 0 Å². The minimum absolute atomic E-state index is 0.363. The molecule has 1 unspecified atom stereocenters. The first kappa shape index (κ1) is 45.8. The van der Waals surface area contributed by atoms with Crippen molar-refractivity contribution in [2.75, 3.05) is 159 Å². The highest BCUT2D eigenvalue weighted by Gasteiger charge is 2.19. The number of rotatable bonds is 36. The summed E-state index contributed by atoms with van der Waals surface area (Å²) >= 11 is 0. The molecule has 0 aliphatic carbocycles. The molecule has 282 valence electrons. The number of nitrogens with zero attached hydrogens (tertiary/aromatic N) is 1. The summed E-state index contributed by atoms with van der Waals surface area (Å²) in [6.07, 6.45) is 0.767. The fourth-order valence-corrected chi connectivity index (χ4v) is 3.23. The van der Waals surface area contributed by atoms with Gasteiger partial charge in [-0.25, -0.2) is 4.79 Å². The van der Waals surface area contributed by atoms with Crippen LogP contribution in [-0.4, -0.2) is 176 Å². The van der Waals surface area contributed by atoms with E-state index in [2.05, 4.69) is 13.8 Å². The summed E-state index contributed by atoms with van der Waals surface area (Å²) in [5.74, 6) is 0.594. The number of ether oxygens (including phenoxy) is 12. The molecule has 1 amide bonds. The molecule has 0 saturated carbocycles. The molecule has 0 aliphatic rings. The highest BCUT2D eigenvalue weighted by molar-refractivity contribution is 5.67. The number of carbonyl (C=O) groups excluding carboxylic acids is 1. The highest BCUT2D eigenvalue weighted by Crippen LogP contribution is 2.08. The Balaban J connectivity index is 3.15. The zero-order valence-corrected chi connectivity index (χ0v) is 30.3. The van der Waals surface area contributed by atoms with Crippen LogP contribution in [0.3, 0.4) is 0 Å². The van der Waals surface area contributed by atoms with E-state index in [1.807, 2.05) is 20.8 Å². The summed E-state index contributed by atoms with van der Waals surface area (Å²) in [6.45, 7) is 21.8. The average Bonchev–Trinajstić information content (AvgIpc) is 3.03. The quantitative estimate of drug-likeness (QED) is 0.0897. The van der Waals surface area contributed by atoms with Gasteiger partial charge in [-0.05, 0) is 26.7 Å². The summed E-state index contributed by atoms with van der Waals surface area (Å²) in [5.41, 5.74) is -0.509. The Morgan fingerprint density at radius 1 is 0.489 bits per heavy atom. The molecule has 0 aromatic rings. The molecule has 0 saturated heterocycles. The minimum Gasteiger partial charge on any atom is -0.444 e. The van der Waals surface area contributed by atoms with Crippen LogP contribution in [0, 0.1) is 5.92 Å². The molecular formula is C33H67NO13. The smallest absolute Gasteiger partial charge is 0.410 e. The summed E-state index contributed by atoms with van der Waals surface area (Å²) in [5, 5.41) is 0. The SMILES string of the molecule is CCC(C)COCCOCCOCCOCCOCCOCCOCCOCCOCCOCCOCCN(C)C(=O)OC(C)(C)C. The van der Waals surface area contributed by atoms with Crippen molar-refractivity contribution in [1.29, 1.82) is 0 Å². The maximum absolute atomic E-state index is 11.9. The third-order valence-corrected chi connectivity index (χ3v) is 6.10. The van der Waals surface area contributed by atoms with Gasteiger partial charge >= 0.3 is 6.09 Å². The highest BCUT2D eigenvalue weighted by atomic mass is 16.6. The van der Waals surface area contributed by atoms with Crippen LogP contribution in [0.4, 0.5) is 4.79 Å². The van der Waals surface area contributed by atoms with E-state index in [1.165, 1.54) is 4.90 Å². The maximum atomic E-state index is 11.9. The van der Waals surface area contributed by atoms with Crippen LogP contribution in [0.1, 0.15) is 41.0 Å². The van der Waals surface area contributed by atoms with Gasteiger partial charge in [0, 0.05) is 20.2 Å². The second-order valence-corrected chi connectivity index (χ2v) is 11.6. The van der Waals surface area contributed by atoms with Crippen molar-refractivity contribution in [3.63, 3.8) is 0 Å². The maximum Gasteiger partial charge on any atom is 0.410 e. The number of amides is 1. The molecule has 0 bridgehead atoms. The lowest BCUT2D eigenvalue weighted by molar-refractivity contribution is -0.0280. The predicted octanol–water partition coefficient (Wildman–Crippen LogP) is 3.08. The van der Waals surface area contributed by atoms with E-state index in [9.17, 15) is 4.79 Å². The molecule has 0 aromatic heterocycles. The molecule has 47 heavy (non-hydrogen) atoms. The van der Waals surface area contributed by atoms with E-state index in [0.717, 1.165) is 13.0 Å². The molecule has 0 aliphatic heterocycles. The normalized spacial score (nSPS) is 12.5. The Labute approximate surface area is 284 Å². The van der Waals surface area contributed by atoms with Crippen LogP contribution >= 0.6 is 0 Å². The lowest BCUT2D eigenvalue weighted by Gasteiger charge is -2.24. The van der Waals surface area contributed by atoms with Crippen molar-refractivity contribution < 1.29 is 61.6 Å². The summed E-state index contributed by atoms with van der Waals surface area (Å²) in [6, 6.07) is 0. The molecule has 0 spiro atoms. The molecule has 0 radical (unpaired) electrons. The Bertz CT molecular complexity index is 655. The van der Waals surface area contributed by atoms with Gasteiger partial charge in [-0.2, -0.15) is 0 Å². The lowest BCUT2D eigenvalue weighted by Crippen LogP contribution is -2.36. The van der Waals surface area contributed by atoms with Crippen LogP contribution in [-0.2, 0) is 56.8 Å². The lowest BCUT2D eigenvalue weighted by atomic mass is 10.1. The first-order valence-electron chi connectivity index (χ1n) is 17.1. The van der Waals surface area contributed by atoms with Gasteiger partial charge in [0.05, 0.1) is 139 Å². The number of hydrogen-bond donors (Lipinski definition) is 0. The molecular weight excluding hydrogens is 618 g/mol. The van der Waals surface area contributed by atoms with E-state index >= 15 is 0 Å². The van der Waals surface area contributed by atoms with Gasteiger partial charge in [-0.1, -0.05) is 20.3 Å². The second-order valence-electron chi connectivity index (χ2n) is 11.6. The molecule has 0 N–H and O–H groups in total. The van der Waals surface area contributed by atoms with Gasteiger partial charge in [0.1, 0.15) is 5.60 Å². The van der Waals surface area contributed by atoms with Crippen LogP contribution in [0.15, 0.2) is 0 Å². The van der Waals surface area contributed by atoms with E-state index in [1.54, 1.807) is 7.05 Å². The first-order valence-corrected chi connectivity index (χ1v) is 17.1.